The first-order chi connectivity index (χ1) is 8.65. The average molecular weight is 269 g/mol. The molecule has 0 unspecified atom stereocenters. The highest BCUT2D eigenvalue weighted by Crippen LogP contribution is 2.28. The summed E-state index contributed by atoms with van der Waals surface area (Å²) in [5.74, 6) is -0.107. The van der Waals surface area contributed by atoms with E-state index in [0.717, 1.165) is 0 Å². The first kappa shape index (κ1) is 12.4. The number of ether oxygens (including phenoxy) is 2. The summed E-state index contributed by atoms with van der Waals surface area (Å²) in [6.07, 6.45) is 0. The van der Waals surface area contributed by atoms with Gasteiger partial charge < -0.3 is 14.0 Å². The number of hydrogen-bond acceptors (Lipinski definition) is 6. The summed E-state index contributed by atoms with van der Waals surface area (Å²) >= 11 is 5.97. The summed E-state index contributed by atoms with van der Waals surface area (Å²) in [7, 11) is 2.75. The molecule has 0 radical (unpaired) electrons. The Bertz CT molecular complexity index is 582. The van der Waals surface area contributed by atoms with Crippen molar-refractivity contribution in [3.05, 3.63) is 29.1 Å². The molecule has 0 aliphatic rings. The molecule has 2 rings (SSSR count). The van der Waals surface area contributed by atoms with Gasteiger partial charge in [-0.15, -0.1) is 0 Å². The minimum atomic E-state index is -0.687. The lowest BCUT2D eigenvalue weighted by molar-refractivity contribution is 0.0545. The van der Waals surface area contributed by atoms with Crippen molar-refractivity contribution in [1.29, 1.82) is 0 Å². The lowest BCUT2D eigenvalue weighted by Crippen LogP contribution is -2.00. The molecule has 94 valence electrons. The highest BCUT2D eigenvalue weighted by atomic mass is 35.5. The molecule has 1 aromatic heterocycles. The van der Waals surface area contributed by atoms with E-state index < -0.39 is 5.97 Å². The van der Waals surface area contributed by atoms with Crippen LogP contribution in [-0.2, 0) is 4.74 Å². The Morgan fingerprint density at radius 3 is 2.78 bits per heavy atom. The smallest absolute Gasteiger partial charge is 0.397 e. The maximum Gasteiger partial charge on any atom is 0.397 e. The monoisotopic (exact) mass is 268 g/mol. The van der Waals surface area contributed by atoms with E-state index in [-0.39, 0.29) is 11.7 Å². The molecule has 0 spiro atoms. The van der Waals surface area contributed by atoms with Gasteiger partial charge in [-0.3, -0.25) is 0 Å². The van der Waals surface area contributed by atoms with Crippen molar-refractivity contribution in [1.82, 2.24) is 10.1 Å². The zero-order valence-corrected chi connectivity index (χ0v) is 10.4. The molecule has 0 saturated heterocycles. The predicted octanol–water partition coefficient (Wildman–Crippen LogP) is 2.19. The predicted molar refractivity (Wildman–Crippen MR) is 62.6 cm³/mol. The summed E-state index contributed by atoms with van der Waals surface area (Å²) in [5.41, 5.74) is 0.611. The van der Waals surface area contributed by atoms with Crippen molar-refractivity contribution in [2.75, 3.05) is 14.2 Å². The summed E-state index contributed by atoms with van der Waals surface area (Å²) in [6.45, 7) is 0. The van der Waals surface area contributed by atoms with Gasteiger partial charge in [0.15, 0.2) is 0 Å². The third kappa shape index (κ3) is 2.28. The van der Waals surface area contributed by atoms with Crippen LogP contribution < -0.4 is 4.74 Å². The fourth-order valence-corrected chi connectivity index (χ4v) is 1.57. The Morgan fingerprint density at radius 1 is 1.39 bits per heavy atom. The minimum Gasteiger partial charge on any atom is -0.495 e. The molecule has 1 heterocycles. The first-order valence-electron chi connectivity index (χ1n) is 4.91. The summed E-state index contributed by atoms with van der Waals surface area (Å²) in [5, 5.41) is 4.08. The van der Waals surface area contributed by atoms with E-state index in [1.54, 1.807) is 18.2 Å². The van der Waals surface area contributed by atoms with Gasteiger partial charge in [0.25, 0.3) is 0 Å². The number of rotatable bonds is 3. The van der Waals surface area contributed by atoms with E-state index in [4.69, 9.17) is 20.9 Å². The molecule has 0 bridgehead atoms. The Morgan fingerprint density at radius 2 is 2.17 bits per heavy atom. The molecule has 1 aromatic carbocycles. The van der Waals surface area contributed by atoms with Gasteiger partial charge in [0.05, 0.1) is 19.2 Å². The van der Waals surface area contributed by atoms with E-state index in [0.29, 0.717) is 16.3 Å². The van der Waals surface area contributed by atoms with Gasteiger partial charge in [0, 0.05) is 5.56 Å². The molecular formula is C11H9ClN2O4. The highest BCUT2D eigenvalue weighted by molar-refractivity contribution is 6.32. The molecule has 0 atom stereocenters. The van der Waals surface area contributed by atoms with Gasteiger partial charge in [-0.1, -0.05) is 16.8 Å². The number of methoxy groups -OCH3 is 2. The van der Waals surface area contributed by atoms with Gasteiger partial charge in [-0.05, 0) is 18.2 Å². The molecule has 7 heteroatoms. The summed E-state index contributed by atoms with van der Waals surface area (Å²) < 4.78 is 14.2. The van der Waals surface area contributed by atoms with Crippen LogP contribution in [-0.4, -0.2) is 30.3 Å². The Kier molecular flexibility index (Phi) is 3.47. The van der Waals surface area contributed by atoms with Gasteiger partial charge in [-0.2, -0.15) is 4.98 Å². The van der Waals surface area contributed by atoms with Gasteiger partial charge in [0.1, 0.15) is 5.75 Å². The van der Waals surface area contributed by atoms with E-state index in [1.807, 2.05) is 0 Å². The summed E-state index contributed by atoms with van der Waals surface area (Å²) in [4.78, 5) is 15.1. The minimum absolute atomic E-state index is 0.209. The average Bonchev–Trinajstić information content (AvgIpc) is 2.87. The van der Waals surface area contributed by atoms with E-state index in [9.17, 15) is 4.79 Å². The number of halogens is 1. The van der Waals surface area contributed by atoms with Crippen LogP contribution in [0.4, 0.5) is 0 Å². The van der Waals surface area contributed by atoms with Crippen molar-refractivity contribution in [2.24, 2.45) is 0 Å². The lowest BCUT2D eigenvalue weighted by Gasteiger charge is -2.02. The van der Waals surface area contributed by atoms with E-state index >= 15 is 0 Å². The second kappa shape index (κ2) is 5.05. The van der Waals surface area contributed by atoms with E-state index in [1.165, 1.54) is 14.2 Å². The van der Waals surface area contributed by atoms with Gasteiger partial charge in [-0.25, -0.2) is 4.79 Å². The third-order valence-electron chi connectivity index (χ3n) is 2.20. The van der Waals surface area contributed by atoms with Crippen molar-refractivity contribution in [3.63, 3.8) is 0 Å². The van der Waals surface area contributed by atoms with Crippen LogP contribution in [0.15, 0.2) is 22.7 Å². The number of carbonyl (C=O) groups is 1. The first-order valence-corrected chi connectivity index (χ1v) is 5.29. The van der Waals surface area contributed by atoms with Crippen molar-refractivity contribution >= 4 is 17.6 Å². The molecular weight excluding hydrogens is 260 g/mol. The maximum atomic E-state index is 11.2. The molecule has 0 N–H and O–H groups in total. The van der Waals surface area contributed by atoms with Gasteiger partial charge in [0.2, 0.25) is 5.82 Å². The largest absolute Gasteiger partial charge is 0.495 e. The summed E-state index contributed by atoms with van der Waals surface area (Å²) in [6, 6.07) is 4.99. The number of esters is 1. The number of carbonyl (C=O) groups excluding carboxylic acids is 1. The fraction of sp³-hybridized carbons (Fsp3) is 0.182. The van der Waals surface area contributed by atoms with Crippen LogP contribution in [0.3, 0.4) is 0 Å². The molecule has 0 aliphatic carbocycles. The molecule has 2 aromatic rings. The van der Waals surface area contributed by atoms with Crippen LogP contribution >= 0.6 is 11.6 Å². The van der Waals surface area contributed by atoms with Crippen LogP contribution in [0.2, 0.25) is 5.02 Å². The number of benzene rings is 1. The number of hydrogen-bond donors (Lipinski definition) is 0. The fourth-order valence-electron chi connectivity index (χ4n) is 1.32. The van der Waals surface area contributed by atoms with Crippen molar-refractivity contribution in [2.45, 2.75) is 0 Å². The third-order valence-corrected chi connectivity index (χ3v) is 2.49. The van der Waals surface area contributed by atoms with Crippen molar-refractivity contribution in [3.8, 4) is 17.1 Å². The second-order valence-electron chi connectivity index (χ2n) is 3.26. The topological polar surface area (TPSA) is 74.5 Å². The Hall–Kier alpha value is -2.08. The Balaban J connectivity index is 2.34. The quantitative estimate of drug-likeness (QED) is 0.794. The molecule has 18 heavy (non-hydrogen) atoms. The molecule has 6 nitrogen and oxygen atoms in total. The number of aromatic nitrogens is 2. The zero-order chi connectivity index (χ0) is 13.1. The standard InChI is InChI=1S/C11H9ClN2O4/c1-16-8-4-3-6(5-7(8)12)9-13-10(18-14-9)11(15)17-2/h3-5H,1-2H3. The normalized spacial score (nSPS) is 10.2. The van der Waals surface area contributed by atoms with Crippen LogP contribution in [0.25, 0.3) is 11.4 Å². The molecule has 0 saturated carbocycles. The molecule has 0 fully saturated rings. The van der Waals surface area contributed by atoms with Crippen LogP contribution in [0, 0.1) is 0 Å². The van der Waals surface area contributed by atoms with Crippen LogP contribution in [0.1, 0.15) is 10.7 Å². The second-order valence-corrected chi connectivity index (χ2v) is 3.67. The SMILES string of the molecule is COC(=O)c1nc(-c2ccc(OC)c(Cl)c2)no1. The van der Waals surface area contributed by atoms with Crippen LogP contribution in [0.5, 0.6) is 5.75 Å². The van der Waals surface area contributed by atoms with Crippen molar-refractivity contribution < 1.29 is 18.8 Å². The molecule has 0 amide bonds. The number of nitrogens with zero attached hydrogens (tertiary/aromatic N) is 2. The molecule has 0 aliphatic heterocycles. The lowest BCUT2D eigenvalue weighted by atomic mass is 10.2. The Labute approximate surface area is 107 Å². The maximum absolute atomic E-state index is 11.2. The van der Waals surface area contributed by atoms with E-state index in [2.05, 4.69) is 14.9 Å². The zero-order valence-electron chi connectivity index (χ0n) is 9.64. The van der Waals surface area contributed by atoms with Gasteiger partial charge >= 0.3 is 11.9 Å². The highest BCUT2D eigenvalue weighted by Gasteiger charge is 2.16.